The summed E-state index contributed by atoms with van der Waals surface area (Å²) in [5.74, 6) is -3.03. The van der Waals surface area contributed by atoms with E-state index < -0.39 is 23.5 Å². The van der Waals surface area contributed by atoms with Gasteiger partial charge in [0.2, 0.25) is 5.91 Å². The number of aromatic nitrogens is 1. The monoisotopic (exact) mass is 377 g/mol. The number of H-pyrrole nitrogens is 1. The van der Waals surface area contributed by atoms with Crippen molar-refractivity contribution < 1.29 is 18.0 Å². The van der Waals surface area contributed by atoms with Crippen LogP contribution in [0.4, 0.5) is 13.2 Å². The van der Waals surface area contributed by atoms with E-state index in [-0.39, 0.29) is 23.0 Å². The van der Waals surface area contributed by atoms with Gasteiger partial charge in [-0.25, -0.2) is 8.78 Å². The van der Waals surface area contributed by atoms with Crippen LogP contribution in [0.5, 0.6) is 0 Å². The zero-order chi connectivity index (χ0) is 19.5. The average Bonchev–Trinajstić information content (AvgIpc) is 2.95. The van der Waals surface area contributed by atoms with Crippen molar-refractivity contribution in [3.05, 3.63) is 40.9 Å². The van der Waals surface area contributed by atoms with Crippen molar-refractivity contribution in [2.75, 3.05) is 26.7 Å². The van der Waals surface area contributed by atoms with Crippen molar-refractivity contribution in [1.29, 1.82) is 0 Å². The predicted octanol–water partition coefficient (Wildman–Crippen LogP) is 3.32. The molecule has 27 heavy (non-hydrogen) atoms. The Labute approximate surface area is 155 Å². The van der Waals surface area contributed by atoms with E-state index in [1.165, 1.54) is 0 Å². The molecular formula is C20H22F3N3O. The Kier molecular flexibility index (Phi) is 4.29. The average molecular weight is 377 g/mol. The molecule has 1 aromatic heterocycles. The minimum absolute atomic E-state index is 0.0306. The van der Waals surface area contributed by atoms with E-state index in [1.807, 2.05) is 25.8 Å². The van der Waals surface area contributed by atoms with Crippen LogP contribution in [-0.2, 0) is 11.2 Å². The van der Waals surface area contributed by atoms with Crippen LogP contribution in [0.3, 0.4) is 0 Å². The maximum Gasteiger partial charge on any atom is 0.230 e. The number of hydrogen-bond acceptors (Lipinski definition) is 2. The van der Waals surface area contributed by atoms with Crippen LogP contribution < -0.4 is 0 Å². The molecule has 2 aliphatic rings. The Morgan fingerprint density at radius 2 is 2.00 bits per heavy atom. The molecule has 1 amide bonds. The van der Waals surface area contributed by atoms with Crippen LogP contribution in [-0.4, -0.2) is 53.4 Å². The number of amides is 1. The van der Waals surface area contributed by atoms with Crippen molar-refractivity contribution in [3.63, 3.8) is 0 Å². The minimum atomic E-state index is -1.02. The summed E-state index contributed by atoms with van der Waals surface area (Å²) in [4.78, 5) is 19.0. The van der Waals surface area contributed by atoms with Gasteiger partial charge in [-0.15, -0.1) is 0 Å². The molecule has 7 heteroatoms. The molecule has 1 aliphatic carbocycles. The molecule has 0 saturated carbocycles. The molecule has 1 aliphatic heterocycles. The van der Waals surface area contributed by atoms with E-state index in [0.29, 0.717) is 42.6 Å². The maximum atomic E-state index is 14.8. The second-order valence-electron chi connectivity index (χ2n) is 7.29. The van der Waals surface area contributed by atoms with Crippen LogP contribution in [0.1, 0.15) is 25.0 Å². The van der Waals surface area contributed by atoms with Crippen molar-refractivity contribution >= 4 is 22.4 Å². The summed E-state index contributed by atoms with van der Waals surface area (Å²) in [6.07, 6.45) is 2.12. The number of likely N-dealkylation sites (N-methyl/N-ethyl adjacent to an activating group) is 1. The standard InChI is InChI=1S/C20H22F3N3O/c1-4-26(5-2)20(27)10-6-11-15(25(3)9-10)7-12-16-14(24-19(12)23)8-13(21)18(22)17(11)16/h6,8,10,15,24H,4-5,7,9H2,1-3H3/t10-,15+/m1/s1. The molecule has 0 saturated heterocycles. The van der Waals surface area contributed by atoms with Crippen LogP contribution in [0.15, 0.2) is 12.1 Å². The van der Waals surface area contributed by atoms with Crippen LogP contribution in [0, 0.1) is 23.5 Å². The third kappa shape index (κ3) is 2.59. The number of carbonyl (C=O) groups is 1. The highest BCUT2D eigenvalue weighted by molar-refractivity contribution is 5.99. The van der Waals surface area contributed by atoms with Gasteiger partial charge in [0.1, 0.15) is 0 Å². The third-order valence-corrected chi connectivity index (χ3v) is 5.87. The summed E-state index contributed by atoms with van der Waals surface area (Å²) in [5.41, 5.74) is 1.28. The smallest absolute Gasteiger partial charge is 0.230 e. The fourth-order valence-electron chi connectivity index (χ4n) is 4.49. The van der Waals surface area contributed by atoms with Crippen LogP contribution in [0.2, 0.25) is 0 Å². The Balaban J connectivity index is 1.91. The van der Waals surface area contributed by atoms with E-state index >= 15 is 0 Å². The van der Waals surface area contributed by atoms with Gasteiger partial charge in [0.25, 0.3) is 0 Å². The SMILES string of the molecule is CCN(CC)C(=O)[C@@H]1C=C2c3c(F)c(F)cc4[nH]c(F)c(c34)C[C@@H]2N(C)C1. The second-order valence-corrected chi connectivity index (χ2v) is 7.29. The maximum absolute atomic E-state index is 14.8. The van der Waals surface area contributed by atoms with Crippen molar-refractivity contribution in [2.24, 2.45) is 5.92 Å². The summed E-state index contributed by atoms with van der Waals surface area (Å²) < 4.78 is 43.4. The van der Waals surface area contributed by atoms with Crippen molar-refractivity contribution in [2.45, 2.75) is 26.3 Å². The Morgan fingerprint density at radius 1 is 1.30 bits per heavy atom. The van der Waals surface area contributed by atoms with E-state index in [4.69, 9.17) is 0 Å². The Bertz CT molecular complexity index is 961. The van der Waals surface area contributed by atoms with Crippen molar-refractivity contribution in [1.82, 2.24) is 14.8 Å². The van der Waals surface area contributed by atoms with Gasteiger partial charge in [-0.3, -0.25) is 9.69 Å². The molecule has 2 heterocycles. The van der Waals surface area contributed by atoms with Crippen molar-refractivity contribution in [3.8, 4) is 0 Å². The number of hydrogen-bond donors (Lipinski definition) is 1. The molecule has 2 aromatic rings. The number of carbonyl (C=O) groups excluding carboxylic acids is 1. The molecule has 0 spiro atoms. The lowest BCUT2D eigenvalue weighted by Gasteiger charge is -2.40. The largest absolute Gasteiger partial charge is 0.343 e. The molecule has 1 N–H and O–H groups in total. The highest BCUT2D eigenvalue weighted by Crippen LogP contribution is 2.43. The highest BCUT2D eigenvalue weighted by atomic mass is 19.2. The van der Waals surface area contributed by atoms with Gasteiger partial charge in [0, 0.05) is 48.3 Å². The number of nitrogens with one attached hydrogen (secondary N) is 1. The van der Waals surface area contributed by atoms with Gasteiger partial charge >= 0.3 is 0 Å². The molecule has 0 fully saturated rings. The highest BCUT2D eigenvalue weighted by Gasteiger charge is 2.39. The molecule has 0 bridgehead atoms. The minimum Gasteiger partial charge on any atom is -0.343 e. The first-order valence-electron chi connectivity index (χ1n) is 9.26. The number of fused-ring (bicyclic) bond motifs is 2. The molecular weight excluding hydrogens is 355 g/mol. The molecule has 0 radical (unpaired) electrons. The molecule has 2 atom stereocenters. The Morgan fingerprint density at radius 3 is 2.67 bits per heavy atom. The fraction of sp³-hybridized carbons (Fsp3) is 0.450. The fourth-order valence-corrected chi connectivity index (χ4v) is 4.49. The number of benzene rings is 1. The van der Waals surface area contributed by atoms with Gasteiger partial charge in [-0.2, -0.15) is 4.39 Å². The number of rotatable bonds is 3. The normalized spacial score (nSPS) is 21.9. The predicted molar refractivity (Wildman–Crippen MR) is 97.7 cm³/mol. The first kappa shape index (κ1) is 18.1. The van der Waals surface area contributed by atoms with Gasteiger partial charge in [0.05, 0.1) is 11.4 Å². The lowest BCUT2D eigenvalue weighted by Crippen LogP contribution is -2.47. The molecule has 144 valence electrons. The lowest BCUT2D eigenvalue weighted by atomic mass is 9.79. The number of aromatic amines is 1. The Hall–Kier alpha value is -2.28. The van der Waals surface area contributed by atoms with Crippen LogP contribution in [0.25, 0.3) is 16.5 Å². The summed E-state index contributed by atoms with van der Waals surface area (Å²) in [6.45, 7) is 5.47. The molecule has 4 nitrogen and oxygen atoms in total. The number of halogens is 3. The van der Waals surface area contributed by atoms with Gasteiger partial charge in [-0.05, 0) is 32.9 Å². The van der Waals surface area contributed by atoms with E-state index in [1.54, 1.807) is 11.0 Å². The van der Waals surface area contributed by atoms with E-state index in [9.17, 15) is 18.0 Å². The third-order valence-electron chi connectivity index (χ3n) is 5.87. The molecule has 1 aromatic carbocycles. The summed E-state index contributed by atoms with van der Waals surface area (Å²) in [5, 5.41) is 0.387. The summed E-state index contributed by atoms with van der Waals surface area (Å²) in [7, 11) is 1.84. The lowest BCUT2D eigenvalue weighted by molar-refractivity contribution is -0.134. The zero-order valence-corrected chi connectivity index (χ0v) is 15.6. The van der Waals surface area contributed by atoms with E-state index in [0.717, 1.165) is 6.07 Å². The van der Waals surface area contributed by atoms with Gasteiger partial charge < -0.3 is 9.88 Å². The van der Waals surface area contributed by atoms with Crippen LogP contribution >= 0.6 is 0 Å². The molecule has 0 unspecified atom stereocenters. The number of nitrogens with zero attached hydrogens (tertiary/aromatic N) is 2. The van der Waals surface area contributed by atoms with E-state index in [2.05, 4.69) is 4.98 Å². The zero-order valence-electron chi connectivity index (χ0n) is 15.6. The topological polar surface area (TPSA) is 39.3 Å². The summed E-state index contributed by atoms with van der Waals surface area (Å²) >= 11 is 0. The summed E-state index contributed by atoms with van der Waals surface area (Å²) in [6, 6.07) is 0.704. The second kappa shape index (κ2) is 6.41. The van der Waals surface area contributed by atoms with Gasteiger partial charge in [-0.1, -0.05) is 6.08 Å². The first-order chi connectivity index (χ1) is 12.9. The quantitative estimate of drug-likeness (QED) is 0.891. The molecule has 4 rings (SSSR count). The first-order valence-corrected chi connectivity index (χ1v) is 9.26. The van der Waals surface area contributed by atoms with Gasteiger partial charge in [0.15, 0.2) is 17.6 Å².